The van der Waals surface area contributed by atoms with Crippen LogP contribution in [0.3, 0.4) is 0 Å². The molecule has 1 rings (SSSR count). The van der Waals surface area contributed by atoms with Crippen LogP contribution in [0.2, 0.25) is 0 Å². The average molecular weight is 269 g/mol. The summed E-state index contributed by atoms with van der Waals surface area (Å²) in [6.07, 6.45) is 0. The standard InChI is InChI=1S/C15H31N3O/c1-12(2)11-17-7-9-18(10-8-17)13(3)14(19)16-15(4,5)6/h12-13H,7-11H2,1-6H3,(H,16,19). The number of carbonyl (C=O) groups excluding carboxylic acids is 1. The highest BCUT2D eigenvalue weighted by Crippen LogP contribution is 2.10. The number of amides is 1. The molecule has 0 aromatic heterocycles. The van der Waals surface area contributed by atoms with E-state index in [0.717, 1.165) is 32.7 Å². The third kappa shape index (κ3) is 5.91. The minimum atomic E-state index is -0.148. The number of nitrogens with one attached hydrogen (secondary N) is 1. The first kappa shape index (κ1) is 16.4. The Hall–Kier alpha value is -0.610. The van der Waals surface area contributed by atoms with E-state index in [-0.39, 0.29) is 17.5 Å². The third-order valence-electron chi connectivity index (χ3n) is 3.46. The largest absolute Gasteiger partial charge is 0.350 e. The summed E-state index contributed by atoms with van der Waals surface area (Å²) < 4.78 is 0. The summed E-state index contributed by atoms with van der Waals surface area (Å²) in [6.45, 7) is 17.9. The van der Waals surface area contributed by atoms with Gasteiger partial charge in [0.05, 0.1) is 6.04 Å². The first-order chi connectivity index (χ1) is 8.69. The molecule has 1 atom stereocenters. The summed E-state index contributed by atoms with van der Waals surface area (Å²) in [7, 11) is 0. The molecule has 1 aliphatic rings. The Morgan fingerprint density at radius 1 is 1.11 bits per heavy atom. The normalized spacial score (nSPS) is 20.6. The molecule has 1 heterocycles. The Morgan fingerprint density at radius 2 is 1.63 bits per heavy atom. The lowest BCUT2D eigenvalue weighted by Crippen LogP contribution is -2.56. The van der Waals surface area contributed by atoms with Crippen molar-refractivity contribution < 1.29 is 4.79 Å². The number of rotatable bonds is 4. The monoisotopic (exact) mass is 269 g/mol. The number of hydrogen-bond donors (Lipinski definition) is 1. The van der Waals surface area contributed by atoms with E-state index in [0.29, 0.717) is 5.92 Å². The van der Waals surface area contributed by atoms with Crippen LogP contribution in [0.5, 0.6) is 0 Å². The van der Waals surface area contributed by atoms with Gasteiger partial charge >= 0.3 is 0 Å². The van der Waals surface area contributed by atoms with Gasteiger partial charge in [-0.1, -0.05) is 13.8 Å². The maximum Gasteiger partial charge on any atom is 0.237 e. The molecule has 0 aliphatic carbocycles. The Kier molecular flexibility index (Phi) is 5.81. The highest BCUT2D eigenvalue weighted by molar-refractivity contribution is 5.81. The van der Waals surface area contributed by atoms with E-state index in [1.54, 1.807) is 0 Å². The van der Waals surface area contributed by atoms with Gasteiger partial charge in [0.25, 0.3) is 0 Å². The van der Waals surface area contributed by atoms with Crippen LogP contribution in [0.15, 0.2) is 0 Å². The Morgan fingerprint density at radius 3 is 2.05 bits per heavy atom. The van der Waals surface area contributed by atoms with Gasteiger partial charge in [0.15, 0.2) is 0 Å². The summed E-state index contributed by atoms with van der Waals surface area (Å²) in [5.74, 6) is 0.859. The third-order valence-corrected chi connectivity index (χ3v) is 3.46. The van der Waals surface area contributed by atoms with E-state index in [9.17, 15) is 4.79 Å². The fraction of sp³-hybridized carbons (Fsp3) is 0.933. The predicted molar refractivity (Wildman–Crippen MR) is 80.2 cm³/mol. The molecule has 112 valence electrons. The molecule has 0 saturated carbocycles. The van der Waals surface area contributed by atoms with Gasteiger partial charge < -0.3 is 10.2 Å². The van der Waals surface area contributed by atoms with Crippen molar-refractivity contribution in [2.45, 2.75) is 53.1 Å². The van der Waals surface area contributed by atoms with Gasteiger partial charge in [-0.3, -0.25) is 9.69 Å². The van der Waals surface area contributed by atoms with Crippen LogP contribution in [0.4, 0.5) is 0 Å². The topological polar surface area (TPSA) is 35.6 Å². The molecule has 1 unspecified atom stereocenters. The van der Waals surface area contributed by atoms with Gasteiger partial charge in [-0.15, -0.1) is 0 Å². The molecule has 1 aliphatic heterocycles. The molecule has 1 amide bonds. The van der Waals surface area contributed by atoms with E-state index >= 15 is 0 Å². The fourth-order valence-electron chi connectivity index (χ4n) is 2.49. The zero-order chi connectivity index (χ0) is 14.6. The molecule has 0 bridgehead atoms. The number of hydrogen-bond acceptors (Lipinski definition) is 3. The lowest BCUT2D eigenvalue weighted by atomic mass is 10.1. The first-order valence-electron chi connectivity index (χ1n) is 7.47. The minimum absolute atomic E-state index is 0.0274. The smallest absolute Gasteiger partial charge is 0.237 e. The summed E-state index contributed by atoms with van der Waals surface area (Å²) >= 11 is 0. The number of carbonyl (C=O) groups is 1. The highest BCUT2D eigenvalue weighted by atomic mass is 16.2. The maximum atomic E-state index is 12.2. The molecule has 0 aromatic rings. The fourth-order valence-corrected chi connectivity index (χ4v) is 2.49. The van der Waals surface area contributed by atoms with Gasteiger partial charge in [0.2, 0.25) is 5.91 Å². The molecular formula is C15H31N3O. The summed E-state index contributed by atoms with van der Waals surface area (Å²) in [5.41, 5.74) is -0.148. The molecule has 19 heavy (non-hydrogen) atoms. The van der Waals surface area contributed by atoms with Crippen molar-refractivity contribution in [3.8, 4) is 0 Å². The van der Waals surface area contributed by atoms with Crippen molar-refractivity contribution in [3.63, 3.8) is 0 Å². The number of nitrogens with zero attached hydrogens (tertiary/aromatic N) is 2. The van der Waals surface area contributed by atoms with Crippen molar-refractivity contribution in [2.75, 3.05) is 32.7 Å². The van der Waals surface area contributed by atoms with E-state index in [1.807, 2.05) is 27.7 Å². The molecular weight excluding hydrogens is 238 g/mol. The maximum absolute atomic E-state index is 12.2. The van der Waals surface area contributed by atoms with Crippen LogP contribution in [0.25, 0.3) is 0 Å². The zero-order valence-electron chi connectivity index (χ0n) is 13.5. The molecule has 1 fully saturated rings. The summed E-state index contributed by atoms with van der Waals surface area (Å²) in [5, 5.41) is 3.07. The van der Waals surface area contributed by atoms with Crippen LogP contribution >= 0.6 is 0 Å². The predicted octanol–water partition coefficient (Wildman–Crippen LogP) is 1.56. The number of piperazine rings is 1. The van der Waals surface area contributed by atoms with Crippen LogP contribution in [-0.4, -0.2) is 60.0 Å². The van der Waals surface area contributed by atoms with Crippen molar-refractivity contribution in [1.82, 2.24) is 15.1 Å². The van der Waals surface area contributed by atoms with Crippen LogP contribution in [0.1, 0.15) is 41.5 Å². The molecule has 4 heteroatoms. The van der Waals surface area contributed by atoms with Crippen molar-refractivity contribution in [1.29, 1.82) is 0 Å². The molecule has 0 spiro atoms. The lowest BCUT2D eigenvalue weighted by molar-refractivity contribution is -0.128. The van der Waals surface area contributed by atoms with Crippen molar-refractivity contribution >= 4 is 5.91 Å². The van der Waals surface area contributed by atoms with E-state index in [2.05, 4.69) is 29.0 Å². The van der Waals surface area contributed by atoms with Crippen molar-refractivity contribution in [2.24, 2.45) is 5.92 Å². The van der Waals surface area contributed by atoms with Crippen LogP contribution in [-0.2, 0) is 4.79 Å². The van der Waals surface area contributed by atoms with Gasteiger partial charge in [0.1, 0.15) is 0 Å². The van der Waals surface area contributed by atoms with Crippen molar-refractivity contribution in [3.05, 3.63) is 0 Å². The molecule has 4 nitrogen and oxygen atoms in total. The minimum Gasteiger partial charge on any atom is -0.350 e. The second-order valence-corrected chi connectivity index (χ2v) is 7.15. The highest BCUT2D eigenvalue weighted by Gasteiger charge is 2.27. The average Bonchev–Trinajstić information content (AvgIpc) is 2.26. The Bertz CT molecular complexity index is 288. The van der Waals surface area contributed by atoms with E-state index < -0.39 is 0 Å². The SMILES string of the molecule is CC(C)CN1CCN(C(C)C(=O)NC(C)(C)C)CC1. The van der Waals surface area contributed by atoms with Gasteiger partial charge in [-0.25, -0.2) is 0 Å². The lowest BCUT2D eigenvalue weighted by Gasteiger charge is -2.38. The van der Waals surface area contributed by atoms with Gasteiger partial charge in [0, 0.05) is 38.3 Å². The van der Waals surface area contributed by atoms with Crippen LogP contribution < -0.4 is 5.32 Å². The molecule has 0 aromatic carbocycles. The van der Waals surface area contributed by atoms with Gasteiger partial charge in [-0.05, 0) is 33.6 Å². The molecule has 1 saturated heterocycles. The van der Waals surface area contributed by atoms with E-state index in [1.165, 1.54) is 0 Å². The second-order valence-electron chi connectivity index (χ2n) is 7.15. The quantitative estimate of drug-likeness (QED) is 0.841. The summed E-state index contributed by atoms with van der Waals surface area (Å²) in [4.78, 5) is 16.9. The van der Waals surface area contributed by atoms with E-state index in [4.69, 9.17) is 0 Å². The first-order valence-corrected chi connectivity index (χ1v) is 7.47. The van der Waals surface area contributed by atoms with Crippen LogP contribution in [0, 0.1) is 5.92 Å². The Labute approximate surface area is 118 Å². The molecule has 0 radical (unpaired) electrons. The Balaban J connectivity index is 2.40. The second kappa shape index (κ2) is 6.71. The molecule has 1 N–H and O–H groups in total. The van der Waals surface area contributed by atoms with Gasteiger partial charge in [-0.2, -0.15) is 0 Å². The zero-order valence-corrected chi connectivity index (χ0v) is 13.5. The summed E-state index contributed by atoms with van der Waals surface area (Å²) in [6, 6.07) is -0.0274.